The Kier molecular flexibility index (Phi) is 4.87. The summed E-state index contributed by atoms with van der Waals surface area (Å²) in [5.41, 5.74) is 2.17. The number of benzene rings is 2. The van der Waals surface area contributed by atoms with Crippen LogP contribution in [0.3, 0.4) is 0 Å². The van der Waals surface area contributed by atoms with Crippen LogP contribution in [0.5, 0.6) is 0 Å². The fourth-order valence-electron chi connectivity index (χ4n) is 3.68. The summed E-state index contributed by atoms with van der Waals surface area (Å²) in [4.78, 5) is 15.2. The Morgan fingerprint density at radius 2 is 1.86 bits per heavy atom. The highest BCUT2D eigenvalue weighted by molar-refractivity contribution is 5.91. The fourth-order valence-corrected chi connectivity index (χ4v) is 3.68. The summed E-state index contributed by atoms with van der Waals surface area (Å²) in [5.74, 6) is -1.28. The summed E-state index contributed by atoms with van der Waals surface area (Å²) in [6.45, 7) is 2.28. The largest absolute Gasteiger partial charge is 0.356 e. The second-order valence-corrected chi connectivity index (χ2v) is 7.46. The number of carbonyl (C=O) groups excluding carboxylic acids is 1. The Hall–Kier alpha value is -2.76. The molecule has 0 aliphatic heterocycles. The molecule has 0 radical (unpaired) electrons. The van der Waals surface area contributed by atoms with Crippen LogP contribution < -0.4 is 5.32 Å². The van der Waals surface area contributed by atoms with E-state index in [-0.39, 0.29) is 23.2 Å². The van der Waals surface area contributed by atoms with Gasteiger partial charge in [-0.15, -0.1) is 0 Å². The van der Waals surface area contributed by atoms with E-state index in [2.05, 4.69) is 10.3 Å². The first-order valence-corrected chi connectivity index (χ1v) is 9.47. The average Bonchev–Trinajstić information content (AvgIpc) is 3.45. The average molecular weight is 386 g/mol. The maximum atomic E-state index is 14.3. The van der Waals surface area contributed by atoms with Gasteiger partial charge in [0.15, 0.2) is 0 Å². The molecule has 0 saturated heterocycles. The lowest BCUT2D eigenvalue weighted by Crippen LogP contribution is -2.31. The zero-order valence-corrected chi connectivity index (χ0v) is 15.5. The smallest absolute Gasteiger partial charge is 0.223 e. The Morgan fingerprint density at radius 1 is 1.14 bits per heavy atom. The fraction of sp³-hybridized carbons (Fsp3) is 0.318. The van der Waals surface area contributed by atoms with Crippen molar-refractivity contribution in [2.75, 3.05) is 6.54 Å². The number of aromatic amines is 1. The first kappa shape index (κ1) is 18.6. The molecule has 1 saturated carbocycles. The standard InChI is InChI=1S/C22H21F3N2O/c1-12(13-2-3-13)22(28)26-9-8-17-18-10-16(24)11-19(25)21(18)27-20(17)14-4-6-15(23)7-5-14/h4-7,10-13,27H,2-3,8-9H2,1H3,(H,26,28). The van der Waals surface area contributed by atoms with E-state index in [1.807, 2.05) is 6.92 Å². The number of amides is 1. The molecule has 1 fully saturated rings. The predicted octanol–water partition coefficient (Wildman–Crippen LogP) is 4.96. The monoisotopic (exact) mass is 386 g/mol. The Bertz CT molecular complexity index is 1020. The summed E-state index contributed by atoms with van der Waals surface area (Å²) in [7, 11) is 0. The number of hydrogen-bond donors (Lipinski definition) is 2. The van der Waals surface area contributed by atoms with Crippen LogP contribution in [0.1, 0.15) is 25.3 Å². The van der Waals surface area contributed by atoms with Gasteiger partial charge in [-0.2, -0.15) is 0 Å². The van der Waals surface area contributed by atoms with Crippen LogP contribution in [0.15, 0.2) is 36.4 Å². The van der Waals surface area contributed by atoms with Crippen molar-refractivity contribution in [1.29, 1.82) is 0 Å². The lowest BCUT2D eigenvalue weighted by atomic mass is 10.0. The van der Waals surface area contributed by atoms with E-state index in [0.717, 1.165) is 18.9 Å². The molecule has 6 heteroatoms. The van der Waals surface area contributed by atoms with Crippen LogP contribution in [0.25, 0.3) is 22.2 Å². The van der Waals surface area contributed by atoms with Crippen LogP contribution in [-0.2, 0) is 11.2 Å². The number of carbonyl (C=O) groups is 1. The lowest BCUT2D eigenvalue weighted by Gasteiger charge is -2.11. The minimum atomic E-state index is -0.684. The number of halogens is 3. The summed E-state index contributed by atoms with van der Waals surface area (Å²) < 4.78 is 41.4. The minimum Gasteiger partial charge on any atom is -0.356 e. The first-order chi connectivity index (χ1) is 13.4. The van der Waals surface area contributed by atoms with E-state index in [9.17, 15) is 18.0 Å². The number of fused-ring (bicyclic) bond motifs is 1. The maximum Gasteiger partial charge on any atom is 0.223 e. The normalized spacial score (nSPS) is 15.0. The summed E-state index contributed by atoms with van der Waals surface area (Å²) in [6.07, 6.45) is 2.58. The van der Waals surface area contributed by atoms with Gasteiger partial charge >= 0.3 is 0 Å². The van der Waals surface area contributed by atoms with Crippen LogP contribution in [0, 0.1) is 29.3 Å². The maximum absolute atomic E-state index is 14.3. The molecule has 2 aromatic carbocycles. The number of nitrogens with one attached hydrogen (secondary N) is 2. The van der Waals surface area contributed by atoms with Crippen LogP contribution in [0.4, 0.5) is 13.2 Å². The zero-order chi connectivity index (χ0) is 19.8. The third kappa shape index (κ3) is 3.63. The molecule has 28 heavy (non-hydrogen) atoms. The molecule has 4 rings (SSSR count). The van der Waals surface area contributed by atoms with Crippen molar-refractivity contribution in [2.45, 2.75) is 26.2 Å². The SMILES string of the molecule is CC(C(=O)NCCc1c(-c2ccc(F)cc2)[nH]c2c(F)cc(F)cc12)C1CC1. The van der Waals surface area contributed by atoms with Crippen molar-refractivity contribution in [2.24, 2.45) is 11.8 Å². The Labute approximate surface area is 161 Å². The van der Waals surface area contributed by atoms with Gasteiger partial charge in [0.2, 0.25) is 5.91 Å². The number of rotatable bonds is 6. The molecule has 1 heterocycles. The van der Waals surface area contributed by atoms with E-state index in [1.165, 1.54) is 18.2 Å². The Morgan fingerprint density at radius 3 is 2.54 bits per heavy atom. The van der Waals surface area contributed by atoms with Gasteiger partial charge in [0.05, 0.1) is 5.52 Å². The van der Waals surface area contributed by atoms with E-state index in [1.54, 1.807) is 12.1 Å². The summed E-state index contributed by atoms with van der Waals surface area (Å²) in [6, 6.07) is 7.93. The molecule has 1 aliphatic carbocycles. The van der Waals surface area contributed by atoms with Gasteiger partial charge in [0, 0.05) is 29.6 Å². The molecular weight excluding hydrogens is 365 g/mol. The molecule has 146 valence electrons. The third-order valence-corrected chi connectivity index (χ3v) is 5.48. The molecule has 2 N–H and O–H groups in total. The van der Waals surface area contributed by atoms with Gasteiger partial charge in [-0.3, -0.25) is 4.79 Å². The molecular formula is C22H21F3N2O. The van der Waals surface area contributed by atoms with E-state index in [4.69, 9.17) is 0 Å². The molecule has 1 atom stereocenters. The van der Waals surface area contributed by atoms with Gasteiger partial charge in [0.1, 0.15) is 17.5 Å². The van der Waals surface area contributed by atoms with E-state index >= 15 is 0 Å². The van der Waals surface area contributed by atoms with Gasteiger partial charge in [-0.1, -0.05) is 6.92 Å². The predicted molar refractivity (Wildman–Crippen MR) is 102 cm³/mol. The highest BCUT2D eigenvalue weighted by Gasteiger charge is 2.32. The van der Waals surface area contributed by atoms with Gasteiger partial charge in [0.25, 0.3) is 0 Å². The van der Waals surface area contributed by atoms with Crippen LogP contribution in [0.2, 0.25) is 0 Å². The molecule has 0 bridgehead atoms. The number of H-pyrrole nitrogens is 1. The van der Waals surface area contributed by atoms with E-state index < -0.39 is 11.6 Å². The molecule has 3 nitrogen and oxygen atoms in total. The third-order valence-electron chi connectivity index (χ3n) is 5.48. The summed E-state index contributed by atoms with van der Waals surface area (Å²) >= 11 is 0. The molecule has 1 aliphatic rings. The van der Waals surface area contributed by atoms with Gasteiger partial charge < -0.3 is 10.3 Å². The molecule has 1 amide bonds. The quantitative estimate of drug-likeness (QED) is 0.618. The van der Waals surface area contributed by atoms with E-state index in [0.29, 0.717) is 41.1 Å². The molecule has 1 aromatic heterocycles. The topological polar surface area (TPSA) is 44.9 Å². The molecule has 3 aromatic rings. The first-order valence-electron chi connectivity index (χ1n) is 9.47. The van der Waals surface area contributed by atoms with Gasteiger partial charge in [-0.25, -0.2) is 13.2 Å². The lowest BCUT2D eigenvalue weighted by molar-refractivity contribution is -0.125. The summed E-state index contributed by atoms with van der Waals surface area (Å²) in [5, 5.41) is 3.36. The number of aromatic nitrogens is 1. The van der Waals surface area contributed by atoms with Gasteiger partial charge in [-0.05, 0) is 66.6 Å². The highest BCUT2D eigenvalue weighted by Crippen LogP contribution is 2.36. The van der Waals surface area contributed by atoms with Crippen LogP contribution >= 0.6 is 0 Å². The van der Waals surface area contributed by atoms with Crippen LogP contribution in [-0.4, -0.2) is 17.4 Å². The van der Waals surface area contributed by atoms with Crippen molar-refractivity contribution in [3.63, 3.8) is 0 Å². The Balaban J connectivity index is 1.65. The highest BCUT2D eigenvalue weighted by atomic mass is 19.1. The molecule has 1 unspecified atom stereocenters. The van der Waals surface area contributed by atoms with Crippen molar-refractivity contribution < 1.29 is 18.0 Å². The number of hydrogen-bond acceptors (Lipinski definition) is 1. The molecule has 0 spiro atoms. The zero-order valence-electron chi connectivity index (χ0n) is 15.5. The van der Waals surface area contributed by atoms with Crippen molar-refractivity contribution in [3.05, 3.63) is 59.4 Å². The second kappa shape index (κ2) is 7.34. The second-order valence-electron chi connectivity index (χ2n) is 7.46. The van der Waals surface area contributed by atoms with Crippen molar-refractivity contribution >= 4 is 16.8 Å². The van der Waals surface area contributed by atoms with Crippen molar-refractivity contribution in [3.8, 4) is 11.3 Å². The van der Waals surface area contributed by atoms with Crippen molar-refractivity contribution in [1.82, 2.24) is 10.3 Å². The minimum absolute atomic E-state index is 0.00281.